The van der Waals surface area contributed by atoms with Gasteiger partial charge in [-0.2, -0.15) is 0 Å². The molecule has 3 aromatic rings. The van der Waals surface area contributed by atoms with E-state index < -0.39 is 0 Å². The molecule has 2 aromatic carbocycles. The Bertz CT molecular complexity index is 1070. The van der Waals surface area contributed by atoms with Gasteiger partial charge >= 0.3 is 0 Å². The zero-order valence-corrected chi connectivity index (χ0v) is 20.6. The van der Waals surface area contributed by atoms with Gasteiger partial charge in [0.05, 0.1) is 25.3 Å². The van der Waals surface area contributed by atoms with Crippen molar-refractivity contribution in [1.82, 2.24) is 20.1 Å². The lowest BCUT2D eigenvalue weighted by Gasteiger charge is -2.15. The predicted octanol–water partition coefficient (Wildman–Crippen LogP) is 4.46. The SMILES string of the molecule is CCn1c(SCC(=O)c2ccc(Br)cc2)nnc1[C@@H](C)NC(=O)Cc1ccc(OC)cc1. The van der Waals surface area contributed by atoms with Crippen LogP contribution in [0.2, 0.25) is 0 Å². The van der Waals surface area contributed by atoms with Gasteiger partial charge in [0.15, 0.2) is 16.8 Å². The quantitative estimate of drug-likeness (QED) is 0.316. The second kappa shape index (κ2) is 11.3. The topological polar surface area (TPSA) is 86.1 Å². The van der Waals surface area contributed by atoms with E-state index in [0.29, 0.717) is 23.1 Å². The Hall–Kier alpha value is -2.65. The standard InChI is InChI=1S/C23H25BrN4O3S/c1-4-28-22(15(2)25-21(30)13-16-5-11-19(31-3)12-6-16)26-27-23(28)32-14-20(29)17-7-9-18(24)10-8-17/h5-12,15H,4,13-14H2,1-3H3,(H,25,30)/t15-/m1/s1. The molecule has 1 heterocycles. The first-order chi connectivity index (χ1) is 15.4. The van der Waals surface area contributed by atoms with E-state index in [1.807, 2.05) is 54.8 Å². The molecule has 7 nitrogen and oxygen atoms in total. The van der Waals surface area contributed by atoms with Crippen LogP contribution in [0.25, 0.3) is 0 Å². The van der Waals surface area contributed by atoms with Crippen molar-refractivity contribution in [3.63, 3.8) is 0 Å². The van der Waals surface area contributed by atoms with Gasteiger partial charge in [0.2, 0.25) is 5.91 Å². The average molecular weight is 517 g/mol. The van der Waals surface area contributed by atoms with Gasteiger partial charge in [0.1, 0.15) is 5.75 Å². The summed E-state index contributed by atoms with van der Waals surface area (Å²) in [5.41, 5.74) is 1.55. The number of Topliss-reactive ketones (excluding diaryl/α,β-unsaturated/α-hetero) is 1. The molecule has 168 valence electrons. The number of rotatable bonds is 10. The van der Waals surface area contributed by atoms with E-state index in [2.05, 4.69) is 31.4 Å². The lowest BCUT2D eigenvalue weighted by Crippen LogP contribution is -2.30. The summed E-state index contributed by atoms with van der Waals surface area (Å²) in [6, 6.07) is 14.4. The molecule has 0 aliphatic rings. The number of nitrogens with zero attached hydrogens (tertiary/aromatic N) is 3. The lowest BCUT2D eigenvalue weighted by molar-refractivity contribution is -0.121. The molecule has 0 aliphatic heterocycles. The van der Waals surface area contributed by atoms with Crippen molar-refractivity contribution in [3.05, 3.63) is 70.0 Å². The Labute approximate surface area is 200 Å². The van der Waals surface area contributed by atoms with E-state index in [-0.39, 0.29) is 29.9 Å². The van der Waals surface area contributed by atoms with E-state index in [1.165, 1.54) is 11.8 Å². The van der Waals surface area contributed by atoms with Gasteiger partial charge in [-0.05, 0) is 43.7 Å². The molecule has 1 aromatic heterocycles. The molecule has 0 aliphatic carbocycles. The fourth-order valence-corrected chi connectivity index (χ4v) is 4.33. The lowest BCUT2D eigenvalue weighted by atomic mass is 10.1. The maximum absolute atomic E-state index is 12.5. The van der Waals surface area contributed by atoms with Gasteiger partial charge in [0.25, 0.3) is 0 Å². The third kappa shape index (κ3) is 6.20. The Morgan fingerprint density at radius 3 is 2.44 bits per heavy atom. The number of aromatic nitrogens is 3. The third-order valence-electron chi connectivity index (χ3n) is 4.85. The zero-order chi connectivity index (χ0) is 23.1. The maximum Gasteiger partial charge on any atom is 0.224 e. The van der Waals surface area contributed by atoms with Crippen molar-refractivity contribution in [2.24, 2.45) is 0 Å². The smallest absolute Gasteiger partial charge is 0.224 e. The van der Waals surface area contributed by atoms with Crippen LogP contribution < -0.4 is 10.1 Å². The molecule has 0 saturated heterocycles. The van der Waals surface area contributed by atoms with Crippen LogP contribution in [0.5, 0.6) is 5.75 Å². The minimum absolute atomic E-state index is 0.0237. The molecule has 9 heteroatoms. The van der Waals surface area contributed by atoms with Crippen LogP contribution in [0.4, 0.5) is 0 Å². The van der Waals surface area contributed by atoms with Crippen LogP contribution in [-0.2, 0) is 17.8 Å². The number of carbonyl (C=O) groups is 2. The van der Waals surface area contributed by atoms with Crippen LogP contribution in [0.3, 0.4) is 0 Å². The van der Waals surface area contributed by atoms with Crippen LogP contribution >= 0.6 is 27.7 Å². The average Bonchev–Trinajstić information content (AvgIpc) is 3.21. The third-order valence-corrected chi connectivity index (χ3v) is 6.34. The summed E-state index contributed by atoms with van der Waals surface area (Å²) in [5.74, 6) is 1.60. The van der Waals surface area contributed by atoms with Crippen LogP contribution in [0, 0.1) is 0 Å². The van der Waals surface area contributed by atoms with E-state index in [9.17, 15) is 9.59 Å². The summed E-state index contributed by atoms with van der Waals surface area (Å²) in [7, 11) is 1.61. The number of benzene rings is 2. The van der Waals surface area contributed by atoms with Crippen molar-refractivity contribution < 1.29 is 14.3 Å². The number of hydrogen-bond donors (Lipinski definition) is 1. The summed E-state index contributed by atoms with van der Waals surface area (Å²) in [6.45, 7) is 4.50. The first-order valence-corrected chi connectivity index (χ1v) is 12.0. The van der Waals surface area contributed by atoms with Gasteiger partial charge in [-0.25, -0.2) is 0 Å². The molecule has 0 spiro atoms. The number of ether oxygens (including phenoxy) is 1. The minimum Gasteiger partial charge on any atom is -0.497 e. The highest BCUT2D eigenvalue weighted by Gasteiger charge is 2.20. The number of thioether (sulfide) groups is 1. The van der Waals surface area contributed by atoms with Crippen molar-refractivity contribution in [2.75, 3.05) is 12.9 Å². The van der Waals surface area contributed by atoms with Gasteiger partial charge in [-0.1, -0.05) is 52.0 Å². The van der Waals surface area contributed by atoms with E-state index >= 15 is 0 Å². The van der Waals surface area contributed by atoms with Crippen molar-refractivity contribution >= 4 is 39.4 Å². The molecule has 0 saturated carbocycles. The molecule has 3 rings (SSSR count). The van der Waals surface area contributed by atoms with Gasteiger partial charge < -0.3 is 14.6 Å². The van der Waals surface area contributed by atoms with Crippen LogP contribution in [0.1, 0.15) is 41.6 Å². The van der Waals surface area contributed by atoms with Crippen molar-refractivity contribution in [1.29, 1.82) is 0 Å². The fraction of sp³-hybridized carbons (Fsp3) is 0.304. The number of ketones is 1. The Balaban J connectivity index is 1.60. The molecular formula is C23H25BrN4O3S. The second-order valence-electron chi connectivity index (χ2n) is 7.12. The largest absolute Gasteiger partial charge is 0.497 e. The highest BCUT2D eigenvalue weighted by molar-refractivity contribution is 9.10. The summed E-state index contributed by atoms with van der Waals surface area (Å²) < 4.78 is 8.00. The van der Waals surface area contributed by atoms with Gasteiger partial charge in [0, 0.05) is 16.6 Å². The normalized spacial score (nSPS) is 11.8. The number of carbonyl (C=O) groups excluding carboxylic acids is 2. The molecule has 1 amide bonds. The first-order valence-electron chi connectivity index (χ1n) is 10.2. The number of halogens is 1. The molecule has 1 atom stereocenters. The summed E-state index contributed by atoms with van der Waals surface area (Å²) in [4.78, 5) is 25.0. The van der Waals surface area contributed by atoms with E-state index in [1.54, 1.807) is 19.2 Å². The molecule has 0 radical (unpaired) electrons. The summed E-state index contributed by atoms with van der Waals surface area (Å²) >= 11 is 4.72. The monoisotopic (exact) mass is 516 g/mol. The van der Waals surface area contributed by atoms with Crippen molar-refractivity contribution in [2.45, 2.75) is 38.0 Å². The van der Waals surface area contributed by atoms with Crippen molar-refractivity contribution in [3.8, 4) is 5.75 Å². The highest BCUT2D eigenvalue weighted by atomic mass is 79.9. The number of methoxy groups -OCH3 is 1. The molecule has 0 unspecified atom stereocenters. The van der Waals surface area contributed by atoms with Gasteiger partial charge in [-0.15, -0.1) is 10.2 Å². The molecule has 1 N–H and O–H groups in total. The van der Waals surface area contributed by atoms with E-state index in [4.69, 9.17) is 4.74 Å². The Morgan fingerprint density at radius 1 is 1.12 bits per heavy atom. The maximum atomic E-state index is 12.5. The van der Waals surface area contributed by atoms with Gasteiger partial charge in [-0.3, -0.25) is 9.59 Å². The molecule has 0 bridgehead atoms. The first kappa shape index (κ1) is 24.0. The number of nitrogens with one attached hydrogen (secondary N) is 1. The summed E-state index contributed by atoms with van der Waals surface area (Å²) in [6.07, 6.45) is 0.262. The molecule has 0 fully saturated rings. The Morgan fingerprint density at radius 2 is 1.81 bits per heavy atom. The minimum atomic E-state index is -0.315. The summed E-state index contributed by atoms with van der Waals surface area (Å²) in [5, 5.41) is 12.2. The van der Waals surface area contributed by atoms with E-state index in [0.717, 1.165) is 15.8 Å². The van der Waals surface area contributed by atoms with Crippen LogP contribution in [-0.4, -0.2) is 39.3 Å². The second-order valence-corrected chi connectivity index (χ2v) is 8.98. The fourth-order valence-electron chi connectivity index (χ4n) is 3.16. The predicted molar refractivity (Wildman–Crippen MR) is 128 cm³/mol. The zero-order valence-electron chi connectivity index (χ0n) is 18.2. The number of hydrogen-bond acceptors (Lipinski definition) is 6. The van der Waals surface area contributed by atoms with Crippen LogP contribution in [0.15, 0.2) is 58.2 Å². The highest BCUT2D eigenvalue weighted by Crippen LogP contribution is 2.22. The molecular weight excluding hydrogens is 492 g/mol. The molecule has 32 heavy (non-hydrogen) atoms. The Kier molecular flexibility index (Phi) is 8.46. The number of amides is 1.